The first-order valence-electron chi connectivity index (χ1n) is 5.51. The molecule has 0 unspecified atom stereocenters. The molecule has 17 heavy (non-hydrogen) atoms. The molecule has 0 aromatic carbocycles. The number of nitrogens with one attached hydrogen (secondary N) is 1. The highest BCUT2D eigenvalue weighted by molar-refractivity contribution is 5.82. The zero-order valence-corrected chi connectivity index (χ0v) is 10.9. The van der Waals surface area contributed by atoms with Crippen LogP contribution in [0.4, 0.5) is 4.79 Å². The van der Waals surface area contributed by atoms with E-state index in [1.54, 1.807) is 27.7 Å². The average molecular weight is 247 g/mol. The quantitative estimate of drug-likeness (QED) is 0.718. The first-order valence-corrected chi connectivity index (χ1v) is 5.51. The van der Waals surface area contributed by atoms with Crippen molar-refractivity contribution in [2.45, 2.75) is 52.4 Å². The van der Waals surface area contributed by atoms with Gasteiger partial charge in [-0.1, -0.05) is 0 Å². The topological polar surface area (TPSA) is 84.9 Å². The van der Waals surface area contributed by atoms with Gasteiger partial charge in [0.2, 0.25) is 0 Å². The van der Waals surface area contributed by atoms with E-state index in [1.807, 2.05) is 0 Å². The Kier molecular flexibility index (Phi) is 5.95. The Bertz CT molecular complexity index is 270. The van der Waals surface area contributed by atoms with E-state index < -0.39 is 29.8 Å². The fourth-order valence-corrected chi connectivity index (χ4v) is 1.04. The van der Waals surface area contributed by atoms with Gasteiger partial charge >= 0.3 is 12.1 Å². The fraction of sp³-hybridized carbons (Fsp3) is 0.818. The number of amides is 1. The number of carbonyl (C=O) groups is 2. The molecule has 0 saturated heterocycles. The number of carbonyl (C=O) groups excluding carboxylic acids is 2. The van der Waals surface area contributed by atoms with Gasteiger partial charge in [0.15, 0.2) is 6.04 Å². The summed E-state index contributed by atoms with van der Waals surface area (Å²) in [7, 11) is 0. The fourth-order valence-electron chi connectivity index (χ4n) is 1.04. The molecule has 2 atom stereocenters. The highest BCUT2D eigenvalue weighted by Crippen LogP contribution is 2.07. The minimum absolute atomic E-state index is 0.179. The molecule has 0 aromatic rings. The van der Waals surface area contributed by atoms with Crippen molar-refractivity contribution in [3.63, 3.8) is 0 Å². The number of ether oxygens (including phenoxy) is 2. The number of aliphatic hydroxyl groups is 1. The van der Waals surface area contributed by atoms with E-state index in [-0.39, 0.29) is 6.61 Å². The molecule has 0 aliphatic carbocycles. The Hall–Kier alpha value is -1.30. The van der Waals surface area contributed by atoms with Crippen LogP contribution in [0, 0.1) is 0 Å². The molecule has 0 bridgehead atoms. The monoisotopic (exact) mass is 247 g/mol. The summed E-state index contributed by atoms with van der Waals surface area (Å²) in [5, 5.41) is 11.7. The molecule has 100 valence electrons. The van der Waals surface area contributed by atoms with Gasteiger partial charge in [-0.05, 0) is 34.6 Å². The van der Waals surface area contributed by atoms with Crippen LogP contribution in [0.2, 0.25) is 0 Å². The van der Waals surface area contributed by atoms with Crippen LogP contribution >= 0.6 is 0 Å². The summed E-state index contributed by atoms with van der Waals surface area (Å²) >= 11 is 0. The Morgan fingerprint density at radius 2 is 1.88 bits per heavy atom. The Labute approximate surface area is 101 Å². The van der Waals surface area contributed by atoms with Crippen molar-refractivity contribution in [2.24, 2.45) is 0 Å². The van der Waals surface area contributed by atoms with Gasteiger partial charge in [-0.3, -0.25) is 0 Å². The molecule has 0 aromatic heterocycles. The van der Waals surface area contributed by atoms with Gasteiger partial charge in [-0.15, -0.1) is 0 Å². The zero-order chi connectivity index (χ0) is 13.6. The van der Waals surface area contributed by atoms with Crippen molar-refractivity contribution < 1.29 is 24.2 Å². The van der Waals surface area contributed by atoms with Gasteiger partial charge in [-0.2, -0.15) is 0 Å². The Morgan fingerprint density at radius 3 is 2.24 bits per heavy atom. The van der Waals surface area contributed by atoms with Crippen molar-refractivity contribution in [3.8, 4) is 0 Å². The summed E-state index contributed by atoms with van der Waals surface area (Å²) in [4.78, 5) is 22.9. The van der Waals surface area contributed by atoms with E-state index in [0.29, 0.717) is 0 Å². The molecule has 0 heterocycles. The summed E-state index contributed by atoms with van der Waals surface area (Å²) < 4.78 is 9.70. The van der Waals surface area contributed by atoms with Crippen LogP contribution in [0.15, 0.2) is 0 Å². The van der Waals surface area contributed by atoms with E-state index >= 15 is 0 Å². The van der Waals surface area contributed by atoms with Crippen LogP contribution in [-0.2, 0) is 14.3 Å². The first kappa shape index (κ1) is 15.7. The molecule has 0 rings (SSSR count). The second-order valence-corrected chi connectivity index (χ2v) is 4.62. The normalized spacial score (nSPS) is 14.7. The van der Waals surface area contributed by atoms with Gasteiger partial charge in [0.25, 0.3) is 0 Å². The minimum atomic E-state index is -1.12. The maximum absolute atomic E-state index is 11.4. The second kappa shape index (κ2) is 6.44. The standard InChI is InChI=1S/C11H21NO5/c1-6-16-9(14)8(7(2)13)12-10(15)17-11(3,4)5/h7-8,13H,6H2,1-5H3,(H,12,15)/t7-,8+/m0/s1. The summed E-state index contributed by atoms with van der Waals surface area (Å²) in [6.45, 7) is 8.32. The van der Waals surface area contributed by atoms with Crippen LogP contribution in [0.5, 0.6) is 0 Å². The largest absolute Gasteiger partial charge is 0.464 e. The molecule has 0 saturated carbocycles. The van der Waals surface area contributed by atoms with Gasteiger partial charge in [-0.25, -0.2) is 9.59 Å². The van der Waals surface area contributed by atoms with Crippen LogP contribution in [0.25, 0.3) is 0 Å². The molecule has 6 nitrogen and oxygen atoms in total. The van der Waals surface area contributed by atoms with Gasteiger partial charge in [0, 0.05) is 0 Å². The SMILES string of the molecule is CCOC(=O)[C@H](NC(=O)OC(C)(C)C)[C@H](C)O. The van der Waals surface area contributed by atoms with Gasteiger partial charge < -0.3 is 19.9 Å². The number of hydrogen-bond donors (Lipinski definition) is 2. The number of rotatable bonds is 4. The number of hydrogen-bond acceptors (Lipinski definition) is 5. The zero-order valence-electron chi connectivity index (χ0n) is 10.9. The van der Waals surface area contributed by atoms with Crippen molar-refractivity contribution in [1.82, 2.24) is 5.32 Å². The third-order valence-electron chi connectivity index (χ3n) is 1.70. The Balaban J connectivity index is 4.46. The third kappa shape index (κ3) is 6.78. The molecular weight excluding hydrogens is 226 g/mol. The molecule has 0 radical (unpaired) electrons. The maximum Gasteiger partial charge on any atom is 0.408 e. The first-order chi connectivity index (χ1) is 7.67. The van der Waals surface area contributed by atoms with Crippen LogP contribution < -0.4 is 5.32 Å². The predicted molar refractivity (Wildman–Crippen MR) is 61.5 cm³/mol. The lowest BCUT2D eigenvalue weighted by molar-refractivity contribution is -0.148. The molecule has 1 amide bonds. The summed E-state index contributed by atoms with van der Waals surface area (Å²) in [5.41, 5.74) is -0.665. The molecule has 2 N–H and O–H groups in total. The lowest BCUT2D eigenvalue weighted by atomic mass is 10.2. The van der Waals surface area contributed by atoms with Crippen molar-refractivity contribution in [1.29, 1.82) is 0 Å². The van der Waals surface area contributed by atoms with Crippen molar-refractivity contribution in [2.75, 3.05) is 6.61 Å². The number of alkyl carbamates (subject to hydrolysis) is 1. The van der Waals surface area contributed by atoms with Crippen LogP contribution in [0.3, 0.4) is 0 Å². The lowest BCUT2D eigenvalue weighted by Crippen LogP contribution is -2.49. The summed E-state index contributed by atoms with van der Waals surface area (Å²) in [6.07, 6.45) is -1.82. The maximum atomic E-state index is 11.4. The molecule has 0 aliphatic rings. The smallest absolute Gasteiger partial charge is 0.408 e. The van der Waals surface area contributed by atoms with Crippen molar-refractivity contribution >= 4 is 12.1 Å². The second-order valence-electron chi connectivity index (χ2n) is 4.62. The number of aliphatic hydroxyl groups excluding tert-OH is 1. The highest BCUT2D eigenvalue weighted by Gasteiger charge is 2.28. The van der Waals surface area contributed by atoms with E-state index in [9.17, 15) is 14.7 Å². The third-order valence-corrected chi connectivity index (χ3v) is 1.70. The van der Waals surface area contributed by atoms with E-state index in [4.69, 9.17) is 9.47 Å². The summed E-state index contributed by atoms with van der Waals surface area (Å²) in [6, 6.07) is -1.12. The summed E-state index contributed by atoms with van der Waals surface area (Å²) in [5.74, 6) is -0.687. The lowest BCUT2D eigenvalue weighted by Gasteiger charge is -2.23. The average Bonchev–Trinajstić information content (AvgIpc) is 2.11. The molecular formula is C11H21NO5. The van der Waals surface area contributed by atoms with Gasteiger partial charge in [0.1, 0.15) is 5.60 Å². The van der Waals surface area contributed by atoms with Gasteiger partial charge in [0.05, 0.1) is 12.7 Å². The van der Waals surface area contributed by atoms with Crippen LogP contribution in [-0.4, -0.2) is 41.5 Å². The molecule has 0 aliphatic heterocycles. The van der Waals surface area contributed by atoms with E-state index in [2.05, 4.69) is 5.32 Å². The van der Waals surface area contributed by atoms with Crippen LogP contribution in [0.1, 0.15) is 34.6 Å². The van der Waals surface area contributed by atoms with Crippen molar-refractivity contribution in [3.05, 3.63) is 0 Å². The minimum Gasteiger partial charge on any atom is -0.464 e. The Morgan fingerprint density at radius 1 is 1.35 bits per heavy atom. The van der Waals surface area contributed by atoms with E-state index in [0.717, 1.165) is 0 Å². The molecule has 0 fully saturated rings. The highest BCUT2D eigenvalue weighted by atomic mass is 16.6. The predicted octanol–water partition coefficient (Wildman–Crippen LogP) is 0.824. The molecule has 0 spiro atoms. The molecule has 6 heteroatoms. The van der Waals surface area contributed by atoms with E-state index in [1.165, 1.54) is 6.92 Å². The number of esters is 1.